The van der Waals surface area contributed by atoms with E-state index in [-0.39, 0.29) is 17.8 Å². The molecule has 1 heterocycles. The van der Waals surface area contributed by atoms with Crippen LogP contribution >= 0.6 is 0 Å². The number of hydrogen-bond acceptors (Lipinski definition) is 4. The summed E-state index contributed by atoms with van der Waals surface area (Å²) in [5, 5.41) is 13.7. The van der Waals surface area contributed by atoms with Crippen LogP contribution in [0.4, 0.5) is 5.69 Å². The highest BCUT2D eigenvalue weighted by Gasteiger charge is 2.13. The molecule has 0 saturated carbocycles. The number of hydrogen-bond donors (Lipinski definition) is 1. The minimum Gasteiger partial charge on any atom is -0.316 e. The highest BCUT2D eigenvalue weighted by atomic mass is 16.6. The van der Waals surface area contributed by atoms with Gasteiger partial charge in [0.2, 0.25) is 0 Å². The van der Waals surface area contributed by atoms with Crippen LogP contribution in [0.5, 0.6) is 0 Å². The van der Waals surface area contributed by atoms with Gasteiger partial charge in [0.15, 0.2) is 0 Å². The lowest BCUT2D eigenvalue weighted by atomic mass is 10.2. The highest BCUT2D eigenvalue weighted by Crippen LogP contribution is 2.14. The second kappa shape index (κ2) is 5.40. The fourth-order valence-electron chi connectivity index (χ4n) is 1.52. The monoisotopic (exact) mass is 237 g/mol. The summed E-state index contributed by atoms with van der Waals surface area (Å²) in [4.78, 5) is 21.9. The molecule has 0 aromatic carbocycles. The normalized spacial score (nSPS) is 10.2. The van der Waals surface area contributed by atoms with Gasteiger partial charge in [-0.25, -0.2) is 0 Å². The van der Waals surface area contributed by atoms with Gasteiger partial charge in [0.1, 0.15) is 0 Å². The van der Waals surface area contributed by atoms with Crippen molar-refractivity contribution in [2.24, 2.45) is 0 Å². The van der Waals surface area contributed by atoms with Gasteiger partial charge in [0.25, 0.3) is 11.2 Å². The van der Waals surface area contributed by atoms with Crippen LogP contribution in [0.25, 0.3) is 0 Å². The van der Waals surface area contributed by atoms with Gasteiger partial charge in [0.05, 0.1) is 11.1 Å². The van der Waals surface area contributed by atoms with E-state index < -0.39 is 4.92 Å². The topological polar surface area (TPSA) is 77.2 Å². The number of aromatic nitrogens is 1. The zero-order chi connectivity index (χ0) is 13.0. The third-order valence-corrected chi connectivity index (χ3v) is 2.32. The number of rotatable bonds is 5. The Bertz CT molecular complexity index is 505. The minimum absolute atomic E-state index is 0.0538. The van der Waals surface area contributed by atoms with Gasteiger partial charge >= 0.3 is 0 Å². The smallest absolute Gasteiger partial charge is 0.288 e. The molecule has 6 nitrogen and oxygen atoms in total. The van der Waals surface area contributed by atoms with E-state index in [0.717, 1.165) is 5.57 Å². The first kappa shape index (κ1) is 13.1. The van der Waals surface area contributed by atoms with Crippen LogP contribution in [-0.4, -0.2) is 23.1 Å². The lowest BCUT2D eigenvalue weighted by Crippen LogP contribution is -2.23. The molecule has 0 amide bonds. The van der Waals surface area contributed by atoms with Gasteiger partial charge in [-0.15, -0.1) is 0 Å². The van der Waals surface area contributed by atoms with E-state index in [1.807, 2.05) is 0 Å². The molecular formula is C11H15N3O3. The second-order valence-corrected chi connectivity index (χ2v) is 3.85. The maximum atomic E-state index is 11.6. The first-order valence-corrected chi connectivity index (χ1v) is 5.12. The summed E-state index contributed by atoms with van der Waals surface area (Å²) in [6.45, 7) is 6.18. The van der Waals surface area contributed by atoms with E-state index in [4.69, 9.17) is 0 Å². The molecule has 0 atom stereocenters. The van der Waals surface area contributed by atoms with Crippen molar-refractivity contribution in [3.63, 3.8) is 0 Å². The molecule has 0 unspecified atom stereocenters. The van der Waals surface area contributed by atoms with E-state index in [1.165, 1.54) is 16.8 Å². The SMILES string of the molecule is C=C(CNC)Cn1cc([N+](=O)[O-])c(C)cc1=O. The summed E-state index contributed by atoms with van der Waals surface area (Å²) in [5.74, 6) is 0. The molecule has 0 fully saturated rings. The van der Waals surface area contributed by atoms with Gasteiger partial charge < -0.3 is 9.88 Å². The Labute approximate surface area is 98.7 Å². The van der Waals surface area contributed by atoms with Crippen LogP contribution in [-0.2, 0) is 6.54 Å². The van der Waals surface area contributed by atoms with Crippen LogP contribution in [0.15, 0.2) is 29.2 Å². The van der Waals surface area contributed by atoms with Crippen molar-refractivity contribution in [2.75, 3.05) is 13.6 Å². The van der Waals surface area contributed by atoms with Gasteiger partial charge in [-0.3, -0.25) is 14.9 Å². The number of nitro groups is 1. The largest absolute Gasteiger partial charge is 0.316 e. The average Bonchev–Trinajstić information content (AvgIpc) is 2.21. The second-order valence-electron chi connectivity index (χ2n) is 3.85. The predicted molar refractivity (Wildman–Crippen MR) is 65.2 cm³/mol. The van der Waals surface area contributed by atoms with Crippen LogP contribution in [0.1, 0.15) is 5.56 Å². The van der Waals surface area contributed by atoms with Crippen molar-refractivity contribution in [1.82, 2.24) is 9.88 Å². The zero-order valence-electron chi connectivity index (χ0n) is 9.90. The zero-order valence-corrected chi connectivity index (χ0v) is 9.90. The predicted octanol–water partition coefficient (Wildman–Crippen LogP) is 0.841. The van der Waals surface area contributed by atoms with Gasteiger partial charge in [-0.1, -0.05) is 6.58 Å². The Morgan fingerprint density at radius 2 is 2.29 bits per heavy atom. The van der Waals surface area contributed by atoms with Crippen LogP contribution in [0.3, 0.4) is 0 Å². The maximum absolute atomic E-state index is 11.6. The first-order chi connectivity index (χ1) is 7.95. The maximum Gasteiger partial charge on any atom is 0.288 e. The quantitative estimate of drug-likeness (QED) is 0.467. The fourth-order valence-corrected chi connectivity index (χ4v) is 1.52. The molecule has 0 aliphatic rings. The lowest BCUT2D eigenvalue weighted by Gasteiger charge is -2.08. The molecule has 0 radical (unpaired) electrons. The van der Waals surface area contributed by atoms with Crippen molar-refractivity contribution in [1.29, 1.82) is 0 Å². The molecule has 17 heavy (non-hydrogen) atoms. The molecule has 1 N–H and O–H groups in total. The molecule has 6 heteroatoms. The van der Waals surface area contributed by atoms with E-state index in [2.05, 4.69) is 11.9 Å². The van der Waals surface area contributed by atoms with Crippen molar-refractivity contribution in [2.45, 2.75) is 13.5 Å². The molecular weight excluding hydrogens is 222 g/mol. The van der Waals surface area contributed by atoms with E-state index in [9.17, 15) is 14.9 Å². The summed E-state index contributed by atoms with van der Waals surface area (Å²) in [6.07, 6.45) is 1.26. The lowest BCUT2D eigenvalue weighted by molar-refractivity contribution is -0.385. The molecule has 0 aliphatic carbocycles. The van der Waals surface area contributed by atoms with Crippen molar-refractivity contribution in [3.05, 3.63) is 50.4 Å². The third-order valence-electron chi connectivity index (χ3n) is 2.32. The summed E-state index contributed by atoms with van der Waals surface area (Å²) >= 11 is 0. The molecule has 0 saturated heterocycles. The number of pyridine rings is 1. The number of nitrogens with one attached hydrogen (secondary N) is 1. The Morgan fingerprint density at radius 1 is 1.65 bits per heavy atom. The van der Waals surface area contributed by atoms with E-state index >= 15 is 0 Å². The van der Waals surface area contributed by atoms with Crippen LogP contribution in [0, 0.1) is 17.0 Å². The third kappa shape index (κ3) is 3.25. The molecule has 1 aromatic rings. The Hall–Kier alpha value is -1.95. The average molecular weight is 237 g/mol. The van der Waals surface area contributed by atoms with Crippen LogP contribution in [0.2, 0.25) is 0 Å². The van der Waals surface area contributed by atoms with Gasteiger partial charge in [-0.2, -0.15) is 0 Å². The fraction of sp³-hybridized carbons (Fsp3) is 0.364. The van der Waals surface area contributed by atoms with Gasteiger partial charge in [0, 0.05) is 24.7 Å². The van der Waals surface area contributed by atoms with Gasteiger partial charge in [-0.05, 0) is 19.5 Å². The van der Waals surface area contributed by atoms with E-state index in [0.29, 0.717) is 12.1 Å². The Balaban J connectivity index is 3.08. The summed E-state index contributed by atoms with van der Waals surface area (Å²) in [6, 6.07) is 1.27. The van der Waals surface area contributed by atoms with Crippen molar-refractivity contribution >= 4 is 5.69 Å². The molecule has 92 valence electrons. The number of likely N-dealkylation sites (N-methyl/N-ethyl adjacent to an activating group) is 1. The summed E-state index contributed by atoms with van der Waals surface area (Å²) in [5.41, 5.74) is 0.843. The number of nitrogens with zero attached hydrogens (tertiary/aromatic N) is 2. The van der Waals surface area contributed by atoms with Crippen LogP contribution < -0.4 is 10.9 Å². The molecule has 0 bridgehead atoms. The Kier molecular flexibility index (Phi) is 4.17. The first-order valence-electron chi connectivity index (χ1n) is 5.12. The van der Waals surface area contributed by atoms with Crippen molar-refractivity contribution < 1.29 is 4.92 Å². The number of aryl methyl sites for hydroxylation is 1. The summed E-state index contributed by atoms with van der Waals surface area (Å²) in [7, 11) is 1.77. The molecule has 1 rings (SSSR count). The molecule has 0 aliphatic heterocycles. The standard InChI is InChI=1S/C11H15N3O3/c1-8(5-12-3)6-13-7-10(14(16)17)9(2)4-11(13)15/h4,7,12H,1,5-6H2,2-3H3. The van der Waals surface area contributed by atoms with Crippen molar-refractivity contribution in [3.8, 4) is 0 Å². The minimum atomic E-state index is -0.494. The Morgan fingerprint density at radius 3 is 2.82 bits per heavy atom. The highest BCUT2D eigenvalue weighted by molar-refractivity contribution is 5.36. The molecule has 1 aromatic heterocycles. The summed E-state index contributed by atoms with van der Waals surface area (Å²) < 4.78 is 1.30. The van der Waals surface area contributed by atoms with E-state index in [1.54, 1.807) is 14.0 Å². The molecule has 0 spiro atoms.